The van der Waals surface area contributed by atoms with E-state index in [-0.39, 0.29) is 11.4 Å². The molecule has 0 spiro atoms. The number of hydrogen-bond acceptors (Lipinski definition) is 4. The Balaban J connectivity index is 2.25. The number of benzene rings is 1. The summed E-state index contributed by atoms with van der Waals surface area (Å²) in [5, 5.41) is 3.91. The summed E-state index contributed by atoms with van der Waals surface area (Å²) in [5.41, 5.74) is 4.22. The molecule has 0 aliphatic heterocycles. The van der Waals surface area contributed by atoms with E-state index in [1.165, 1.54) is 11.8 Å². The third-order valence-corrected chi connectivity index (χ3v) is 5.02. The van der Waals surface area contributed by atoms with E-state index in [0.29, 0.717) is 5.75 Å². The second-order valence-electron chi connectivity index (χ2n) is 8.50. The lowest BCUT2D eigenvalue weighted by molar-refractivity contribution is -0.125. The first kappa shape index (κ1) is 21.3. The van der Waals surface area contributed by atoms with Gasteiger partial charge < -0.3 is 10.1 Å². The minimum Gasteiger partial charge on any atom is -0.470 e. The van der Waals surface area contributed by atoms with Crippen LogP contribution in [0.15, 0.2) is 30.5 Å². The lowest BCUT2D eigenvalue weighted by Gasteiger charge is -2.24. The first-order chi connectivity index (χ1) is 12.5. The number of fused-ring (bicyclic) bond motifs is 1. The Morgan fingerprint density at radius 1 is 1.26 bits per heavy atom. The van der Waals surface area contributed by atoms with Crippen molar-refractivity contribution in [3.05, 3.63) is 36.0 Å². The van der Waals surface area contributed by atoms with Crippen LogP contribution in [0.1, 0.15) is 26.3 Å². The molecule has 1 heterocycles. The summed E-state index contributed by atoms with van der Waals surface area (Å²) in [7, 11) is -1.44. The normalized spacial score (nSPS) is 12.9. The number of carbonyl (C=O) groups is 1. The van der Waals surface area contributed by atoms with Gasteiger partial charge in [0.2, 0.25) is 5.44 Å². The minimum atomic E-state index is -1.44. The van der Waals surface area contributed by atoms with Crippen LogP contribution in [-0.4, -0.2) is 36.2 Å². The smallest absolute Gasteiger partial charge is 0.272 e. The molecule has 0 bridgehead atoms. The van der Waals surface area contributed by atoms with Crippen LogP contribution in [0.5, 0.6) is 5.75 Å². The van der Waals surface area contributed by atoms with Gasteiger partial charge >= 0.3 is 0 Å². The predicted octanol–water partition coefficient (Wildman–Crippen LogP) is 4.45. The number of rotatable bonds is 4. The summed E-state index contributed by atoms with van der Waals surface area (Å²) in [6.45, 7) is 12.5. The number of pyridine rings is 1. The largest absolute Gasteiger partial charge is 0.470 e. The Kier molecular flexibility index (Phi) is 6.61. The van der Waals surface area contributed by atoms with E-state index in [1.807, 2.05) is 51.3 Å². The molecule has 1 aromatic heterocycles. The van der Waals surface area contributed by atoms with Gasteiger partial charge in [0.25, 0.3) is 5.91 Å². The van der Waals surface area contributed by atoms with E-state index in [1.54, 1.807) is 6.20 Å². The Bertz CT molecular complexity index is 889. The zero-order chi connectivity index (χ0) is 20.2. The molecule has 1 amide bonds. The Morgan fingerprint density at radius 2 is 1.96 bits per heavy atom. The van der Waals surface area contributed by atoms with E-state index < -0.39 is 13.5 Å². The Hall–Kier alpha value is -1.97. The molecule has 0 fully saturated rings. The predicted molar refractivity (Wildman–Crippen MR) is 118 cm³/mol. The summed E-state index contributed by atoms with van der Waals surface area (Å²) >= 11 is 1.37. The molecule has 0 aliphatic carbocycles. The van der Waals surface area contributed by atoms with Crippen LogP contribution in [0.2, 0.25) is 19.6 Å². The number of aromatic nitrogens is 1. The third-order valence-electron chi connectivity index (χ3n) is 3.40. The molecule has 6 heteroatoms. The third kappa shape index (κ3) is 6.93. The molecule has 0 aliphatic rings. The highest BCUT2D eigenvalue weighted by Crippen LogP contribution is 2.23. The average molecular weight is 401 g/mol. The maximum absolute atomic E-state index is 12.4. The van der Waals surface area contributed by atoms with Crippen LogP contribution in [0.4, 0.5) is 0 Å². The molecule has 4 nitrogen and oxygen atoms in total. The van der Waals surface area contributed by atoms with Crippen LogP contribution >= 0.6 is 11.8 Å². The number of hydrogen-bond donors (Lipinski definition) is 1. The highest BCUT2D eigenvalue weighted by molar-refractivity contribution is 7.99. The van der Waals surface area contributed by atoms with Gasteiger partial charge in [0.05, 0.1) is 5.52 Å². The Morgan fingerprint density at radius 3 is 2.56 bits per heavy atom. The van der Waals surface area contributed by atoms with Crippen LogP contribution in [-0.2, 0) is 4.79 Å². The van der Waals surface area contributed by atoms with Crippen molar-refractivity contribution < 1.29 is 9.53 Å². The van der Waals surface area contributed by atoms with Crippen molar-refractivity contribution in [2.45, 2.75) is 51.4 Å². The number of nitrogens with one attached hydrogen (secondary N) is 1. The van der Waals surface area contributed by atoms with Crippen LogP contribution in [0.25, 0.3) is 10.9 Å². The number of carbonyl (C=O) groups excluding carboxylic acids is 1. The fourth-order valence-corrected chi connectivity index (χ4v) is 3.27. The number of thioether (sulfide) groups is 1. The number of amides is 1. The van der Waals surface area contributed by atoms with Gasteiger partial charge in [-0.05, 0) is 51.3 Å². The fraction of sp³-hybridized carbons (Fsp3) is 0.429. The van der Waals surface area contributed by atoms with Crippen molar-refractivity contribution in [1.29, 1.82) is 0 Å². The van der Waals surface area contributed by atoms with Gasteiger partial charge in [0.1, 0.15) is 13.8 Å². The van der Waals surface area contributed by atoms with Gasteiger partial charge in [-0.25, -0.2) is 0 Å². The second-order valence-corrected chi connectivity index (χ2v) is 14.2. The van der Waals surface area contributed by atoms with Crippen LogP contribution in [0, 0.1) is 11.5 Å². The Labute approximate surface area is 167 Å². The van der Waals surface area contributed by atoms with Crippen LogP contribution in [0.3, 0.4) is 0 Å². The molecule has 1 atom stereocenters. The topological polar surface area (TPSA) is 51.2 Å². The van der Waals surface area contributed by atoms with Crippen molar-refractivity contribution in [1.82, 2.24) is 10.3 Å². The SMILES string of the molecule is CSC(Oc1ccc2ncc(C#C[Si](C)(C)C)cc2c1)C(=O)NC(C)(C)C. The van der Waals surface area contributed by atoms with Gasteiger partial charge in [-0.1, -0.05) is 25.6 Å². The van der Waals surface area contributed by atoms with Crippen molar-refractivity contribution >= 4 is 36.6 Å². The number of ether oxygens (including phenoxy) is 1. The fourth-order valence-electron chi connectivity index (χ4n) is 2.27. The molecule has 1 N–H and O–H groups in total. The minimum absolute atomic E-state index is 0.136. The first-order valence-corrected chi connectivity index (χ1v) is 13.7. The molecule has 1 unspecified atom stereocenters. The van der Waals surface area contributed by atoms with Gasteiger partial charge in [0.15, 0.2) is 0 Å². The summed E-state index contributed by atoms with van der Waals surface area (Å²) in [6.07, 6.45) is 3.66. The molecule has 0 saturated heterocycles. The van der Waals surface area contributed by atoms with Gasteiger partial charge in [-0.3, -0.25) is 9.78 Å². The van der Waals surface area contributed by atoms with E-state index in [4.69, 9.17) is 4.74 Å². The van der Waals surface area contributed by atoms with Crippen molar-refractivity contribution in [2.24, 2.45) is 0 Å². The summed E-state index contributed by atoms with van der Waals surface area (Å²) < 4.78 is 5.93. The zero-order valence-electron chi connectivity index (χ0n) is 17.1. The molecule has 2 rings (SSSR count). The number of nitrogens with zero attached hydrogens (tertiary/aromatic N) is 1. The van der Waals surface area contributed by atoms with Crippen molar-refractivity contribution in [3.8, 4) is 17.2 Å². The maximum atomic E-state index is 12.4. The molecule has 144 valence electrons. The van der Waals surface area contributed by atoms with Gasteiger partial charge in [-0.2, -0.15) is 0 Å². The monoisotopic (exact) mass is 400 g/mol. The lowest BCUT2D eigenvalue weighted by Crippen LogP contribution is -2.46. The molecule has 2 aromatic rings. The molecular weight excluding hydrogens is 372 g/mol. The van der Waals surface area contributed by atoms with Crippen LogP contribution < -0.4 is 10.1 Å². The van der Waals surface area contributed by atoms with Crippen molar-refractivity contribution in [2.75, 3.05) is 6.26 Å². The highest BCUT2D eigenvalue weighted by atomic mass is 32.2. The quantitative estimate of drug-likeness (QED) is 0.468. The van der Waals surface area contributed by atoms with Gasteiger partial charge in [0, 0.05) is 22.7 Å². The molecule has 27 heavy (non-hydrogen) atoms. The van der Waals surface area contributed by atoms with Crippen molar-refractivity contribution in [3.63, 3.8) is 0 Å². The summed E-state index contributed by atoms with van der Waals surface area (Å²) in [6, 6.07) is 7.68. The maximum Gasteiger partial charge on any atom is 0.272 e. The standard InChI is InChI=1S/C21H28N2O2SSi/c1-21(2,3)23-19(24)20(26-4)25-17-8-9-18-16(13-17)12-15(14-22-18)10-11-27(5,6)7/h8-9,12-14,20H,1-7H3,(H,23,24). The van der Waals surface area contributed by atoms with Gasteiger partial charge in [-0.15, -0.1) is 17.3 Å². The zero-order valence-corrected chi connectivity index (χ0v) is 19.0. The second kappa shape index (κ2) is 8.36. The summed E-state index contributed by atoms with van der Waals surface area (Å²) in [5.74, 6) is 3.74. The summed E-state index contributed by atoms with van der Waals surface area (Å²) in [4.78, 5) is 16.9. The van der Waals surface area contributed by atoms with E-state index in [0.717, 1.165) is 16.5 Å². The molecule has 0 radical (unpaired) electrons. The first-order valence-electron chi connectivity index (χ1n) is 8.91. The van der Waals surface area contributed by atoms with E-state index in [9.17, 15) is 4.79 Å². The lowest BCUT2D eigenvalue weighted by atomic mass is 10.1. The van der Waals surface area contributed by atoms with E-state index in [2.05, 4.69) is 41.4 Å². The molecular formula is C21H28N2O2SSi. The molecule has 0 saturated carbocycles. The average Bonchev–Trinajstić information content (AvgIpc) is 2.55. The highest BCUT2D eigenvalue weighted by Gasteiger charge is 2.23. The van der Waals surface area contributed by atoms with E-state index >= 15 is 0 Å². The molecule has 1 aromatic carbocycles.